The van der Waals surface area contributed by atoms with E-state index in [1.54, 1.807) is 0 Å². The Morgan fingerprint density at radius 2 is 1.68 bits per heavy atom. The third-order valence-electron chi connectivity index (χ3n) is 6.70. The normalized spacial score (nSPS) is 15.3. The van der Waals surface area contributed by atoms with Crippen LogP contribution in [0.2, 0.25) is 0 Å². The molecule has 31 heavy (non-hydrogen) atoms. The zero-order chi connectivity index (χ0) is 22.1. The number of rotatable bonds is 9. The molecule has 0 aliphatic heterocycles. The summed E-state index contributed by atoms with van der Waals surface area (Å²) >= 11 is 0. The molecule has 0 heterocycles. The van der Waals surface area contributed by atoms with Crippen LogP contribution in [-0.2, 0) is 23.1 Å². The van der Waals surface area contributed by atoms with Crippen LogP contribution in [0.3, 0.4) is 0 Å². The van der Waals surface area contributed by atoms with Crippen LogP contribution in [0.5, 0.6) is 5.75 Å². The fraction of sp³-hybridized carbons (Fsp3) is 0.500. The van der Waals surface area contributed by atoms with E-state index in [0.717, 1.165) is 62.5 Å². The summed E-state index contributed by atoms with van der Waals surface area (Å²) in [5.41, 5.74) is 3.28. The second-order valence-electron chi connectivity index (χ2n) is 8.84. The summed E-state index contributed by atoms with van der Waals surface area (Å²) in [5, 5.41) is 9.67. The van der Waals surface area contributed by atoms with Gasteiger partial charge in [0.05, 0.1) is 11.0 Å². The van der Waals surface area contributed by atoms with Gasteiger partial charge in [0.1, 0.15) is 11.8 Å². The van der Waals surface area contributed by atoms with Crippen LogP contribution in [0.25, 0.3) is 0 Å². The van der Waals surface area contributed by atoms with E-state index >= 15 is 0 Å². The first-order valence-corrected chi connectivity index (χ1v) is 12.0. The van der Waals surface area contributed by atoms with Gasteiger partial charge < -0.3 is 4.74 Å². The number of carbonyl (C=O) groups is 1. The lowest BCUT2D eigenvalue weighted by Gasteiger charge is -2.35. The number of benzene rings is 2. The maximum atomic E-state index is 13.5. The van der Waals surface area contributed by atoms with Gasteiger partial charge in [-0.25, -0.2) is 0 Å². The largest absolute Gasteiger partial charge is 0.424 e. The summed E-state index contributed by atoms with van der Waals surface area (Å²) in [7, 11) is 0. The number of nitrogens with zero attached hydrogens (tertiary/aromatic N) is 1. The monoisotopic (exact) mass is 417 g/mol. The van der Waals surface area contributed by atoms with Gasteiger partial charge in [-0.05, 0) is 60.9 Å². The van der Waals surface area contributed by atoms with Crippen molar-refractivity contribution < 1.29 is 9.53 Å². The first kappa shape index (κ1) is 23.1. The second kappa shape index (κ2) is 11.1. The Labute approximate surface area is 187 Å². The molecule has 0 aromatic heterocycles. The van der Waals surface area contributed by atoms with E-state index in [1.807, 2.05) is 18.2 Å². The molecule has 1 saturated carbocycles. The second-order valence-corrected chi connectivity index (χ2v) is 8.84. The summed E-state index contributed by atoms with van der Waals surface area (Å²) < 4.78 is 5.93. The zero-order valence-corrected chi connectivity index (χ0v) is 19.1. The van der Waals surface area contributed by atoms with E-state index < -0.39 is 5.41 Å². The molecule has 0 atom stereocenters. The van der Waals surface area contributed by atoms with E-state index in [2.05, 4.69) is 44.2 Å². The molecule has 1 fully saturated rings. The van der Waals surface area contributed by atoms with Gasteiger partial charge in [0, 0.05) is 0 Å². The van der Waals surface area contributed by atoms with Crippen LogP contribution in [0.1, 0.15) is 93.9 Å². The van der Waals surface area contributed by atoms with Crippen molar-refractivity contribution in [3.05, 3.63) is 64.7 Å². The quantitative estimate of drug-likeness (QED) is 0.249. The maximum absolute atomic E-state index is 13.5. The lowest BCUT2D eigenvalue weighted by Crippen LogP contribution is -2.41. The Bertz CT molecular complexity index is 902. The summed E-state index contributed by atoms with van der Waals surface area (Å²) in [5.74, 6) is 0.170. The molecule has 0 amide bonds. The third-order valence-corrected chi connectivity index (χ3v) is 6.70. The molecule has 0 N–H and O–H groups in total. The van der Waals surface area contributed by atoms with Crippen LogP contribution in [0.15, 0.2) is 42.5 Å². The van der Waals surface area contributed by atoms with E-state index in [0.29, 0.717) is 11.3 Å². The standard InChI is InChI=1S/C28H35NO2/c1-3-5-6-8-11-23-14-17-26(24(20-23)21-29)31-27(30)28(18-9-7-10-19-28)25-15-12-22(4-2)13-16-25/h12-17,20H,3-11,18-19H2,1-2H3. The van der Waals surface area contributed by atoms with Gasteiger partial charge in [-0.1, -0.05) is 82.7 Å². The Hall–Kier alpha value is -2.60. The van der Waals surface area contributed by atoms with Gasteiger partial charge in [0.15, 0.2) is 0 Å². The molecule has 164 valence electrons. The Morgan fingerprint density at radius 3 is 2.32 bits per heavy atom. The zero-order valence-electron chi connectivity index (χ0n) is 19.1. The van der Waals surface area contributed by atoms with Gasteiger partial charge in [-0.15, -0.1) is 0 Å². The van der Waals surface area contributed by atoms with Crippen LogP contribution >= 0.6 is 0 Å². The molecule has 0 radical (unpaired) electrons. The first-order chi connectivity index (χ1) is 15.1. The van der Waals surface area contributed by atoms with Gasteiger partial charge in [-0.2, -0.15) is 5.26 Å². The summed E-state index contributed by atoms with van der Waals surface area (Å²) in [6.45, 7) is 4.34. The predicted octanol–water partition coefficient (Wildman–Crippen LogP) is 7.05. The van der Waals surface area contributed by atoms with Crippen molar-refractivity contribution in [3.8, 4) is 11.8 Å². The molecule has 0 spiro atoms. The highest BCUT2D eigenvalue weighted by Crippen LogP contribution is 2.41. The highest BCUT2D eigenvalue weighted by atomic mass is 16.5. The highest BCUT2D eigenvalue weighted by molar-refractivity contribution is 5.85. The van der Waals surface area contributed by atoms with Crippen molar-refractivity contribution in [2.75, 3.05) is 0 Å². The van der Waals surface area contributed by atoms with Gasteiger partial charge in [0.2, 0.25) is 0 Å². The number of nitriles is 1. The molecular formula is C28H35NO2. The number of hydrogen-bond donors (Lipinski definition) is 0. The van der Waals surface area contributed by atoms with E-state index in [9.17, 15) is 10.1 Å². The van der Waals surface area contributed by atoms with Crippen molar-refractivity contribution in [2.45, 2.75) is 89.9 Å². The molecule has 0 unspecified atom stereocenters. The lowest BCUT2D eigenvalue weighted by molar-refractivity contribution is -0.142. The van der Waals surface area contributed by atoms with Crippen molar-refractivity contribution in [2.24, 2.45) is 0 Å². The van der Waals surface area contributed by atoms with Gasteiger partial charge >= 0.3 is 5.97 Å². The van der Waals surface area contributed by atoms with Crippen LogP contribution in [-0.4, -0.2) is 5.97 Å². The molecular weight excluding hydrogens is 382 g/mol. The summed E-state index contributed by atoms with van der Waals surface area (Å²) in [6.07, 6.45) is 11.5. The Morgan fingerprint density at radius 1 is 0.968 bits per heavy atom. The number of unbranched alkanes of at least 4 members (excludes halogenated alkanes) is 3. The van der Waals surface area contributed by atoms with Crippen LogP contribution < -0.4 is 4.74 Å². The molecule has 3 rings (SSSR count). The first-order valence-electron chi connectivity index (χ1n) is 12.0. The Balaban J connectivity index is 1.80. The van der Waals surface area contributed by atoms with E-state index in [1.165, 1.54) is 24.8 Å². The van der Waals surface area contributed by atoms with Crippen molar-refractivity contribution in [3.63, 3.8) is 0 Å². The maximum Gasteiger partial charge on any atom is 0.321 e. The predicted molar refractivity (Wildman–Crippen MR) is 125 cm³/mol. The lowest BCUT2D eigenvalue weighted by atomic mass is 9.69. The number of hydrogen-bond acceptors (Lipinski definition) is 3. The SMILES string of the molecule is CCCCCCc1ccc(OC(=O)C2(c3ccc(CC)cc3)CCCCC2)c(C#N)c1. The van der Waals surface area contributed by atoms with Crippen LogP contribution in [0, 0.1) is 11.3 Å². The van der Waals surface area contributed by atoms with Gasteiger partial charge in [0.25, 0.3) is 0 Å². The minimum absolute atomic E-state index is 0.219. The average Bonchev–Trinajstić information content (AvgIpc) is 2.83. The summed E-state index contributed by atoms with van der Waals surface area (Å²) in [4.78, 5) is 13.5. The minimum Gasteiger partial charge on any atom is -0.424 e. The van der Waals surface area contributed by atoms with E-state index in [4.69, 9.17) is 4.74 Å². The fourth-order valence-electron chi connectivity index (χ4n) is 4.69. The smallest absolute Gasteiger partial charge is 0.321 e. The van der Waals surface area contributed by atoms with Crippen molar-refractivity contribution >= 4 is 5.97 Å². The average molecular weight is 418 g/mol. The molecule has 3 nitrogen and oxygen atoms in total. The van der Waals surface area contributed by atoms with Crippen molar-refractivity contribution in [1.29, 1.82) is 5.26 Å². The number of carbonyl (C=O) groups excluding carboxylic acids is 1. The molecule has 0 saturated heterocycles. The van der Waals surface area contributed by atoms with Gasteiger partial charge in [-0.3, -0.25) is 4.79 Å². The van der Waals surface area contributed by atoms with Crippen molar-refractivity contribution in [1.82, 2.24) is 0 Å². The highest BCUT2D eigenvalue weighted by Gasteiger charge is 2.43. The molecule has 2 aromatic rings. The third kappa shape index (κ3) is 5.56. The Kier molecular flexibility index (Phi) is 8.29. The molecule has 1 aliphatic carbocycles. The topological polar surface area (TPSA) is 50.1 Å². The molecule has 2 aromatic carbocycles. The molecule has 3 heteroatoms. The number of aryl methyl sites for hydroxylation is 2. The number of esters is 1. The summed E-state index contributed by atoms with van der Waals surface area (Å²) in [6, 6.07) is 16.4. The minimum atomic E-state index is -0.615. The fourth-order valence-corrected chi connectivity index (χ4v) is 4.69. The molecule has 1 aliphatic rings. The van der Waals surface area contributed by atoms with E-state index in [-0.39, 0.29) is 5.97 Å². The van der Waals surface area contributed by atoms with Crippen LogP contribution in [0.4, 0.5) is 0 Å². The number of ether oxygens (including phenoxy) is 1. The molecule has 0 bridgehead atoms.